The van der Waals surface area contributed by atoms with Crippen LogP contribution in [-0.2, 0) is 5.75 Å². The maximum Gasteiger partial charge on any atom is 0.259 e. The van der Waals surface area contributed by atoms with Crippen LogP contribution >= 0.6 is 11.8 Å². The lowest BCUT2D eigenvalue weighted by atomic mass is 10.2. The first-order chi connectivity index (χ1) is 13.7. The number of rotatable bonds is 6. The third-order valence-electron chi connectivity index (χ3n) is 4.04. The third-order valence-corrected chi connectivity index (χ3v) is 4.89. The van der Waals surface area contributed by atoms with E-state index in [2.05, 4.69) is 20.1 Å². The van der Waals surface area contributed by atoms with Crippen molar-refractivity contribution in [2.45, 2.75) is 10.9 Å². The Balaban J connectivity index is 1.56. The second kappa shape index (κ2) is 7.73. The molecule has 28 heavy (non-hydrogen) atoms. The van der Waals surface area contributed by atoms with Gasteiger partial charge in [0.2, 0.25) is 11.7 Å². The molecular weight excluding hydrogens is 380 g/mol. The van der Waals surface area contributed by atoms with Crippen molar-refractivity contribution in [3.8, 4) is 22.9 Å². The smallest absolute Gasteiger partial charge is 0.259 e. The highest BCUT2D eigenvalue weighted by molar-refractivity contribution is 7.98. The molecule has 4 aromatic rings. The van der Waals surface area contributed by atoms with Crippen molar-refractivity contribution in [3.05, 3.63) is 58.7 Å². The number of aromatic nitrogens is 4. The van der Waals surface area contributed by atoms with E-state index in [0.717, 1.165) is 0 Å². The van der Waals surface area contributed by atoms with Crippen LogP contribution in [0.2, 0.25) is 0 Å². The number of para-hydroxylation sites is 2. The lowest BCUT2D eigenvalue weighted by Gasteiger charge is -2.09. The van der Waals surface area contributed by atoms with Crippen LogP contribution in [0.25, 0.3) is 22.3 Å². The van der Waals surface area contributed by atoms with Gasteiger partial charge in [0.25, 0.3) is 5.56 Å². The van der Waals surface area contributed by atoms with Crippen molar-refractivity contribution in [2.24, 2.45) is 0 Å². The molecule has 9 heteroatoms. The van der Waals surface area contributed by atoms with Gasteiger partial charge in [-0.2, -0.15) is 4.98 Å². The van der Waals surface area contributed by atoms with Crippen LogP contribution in [0.5, 0.6) is 11.5 Å². The molecule has 2 aromatic carbocycles. The number of benzene rings is 2. The molecule has 0 aliphatic carbocycles. The normalized spacial score (nSPS) is 10.9. The Hall–Kier alpha value is -3.33. The van der Waals surface area contributed by atoms with Crippen LogP contribution in [0.15, 0.2) is 56.9 Å². The minimum atomic E-state index is -0.180. The molecule has 0 aliphatic rings. The van der Waals surface area contributed by atoms with Crippen LogP contribution in [0.3, 0.4) is 0 Å². The molecule has 0 saturated heterocycles. The van der Waals surface area contributed by atoms with Gasteiger partial charge in [0.05, 0.1) is 36.4 Å². The molecule has 0 bridgehead atoms. The summed E-state index contributed by atoms with van der Waals surface area (Å²) in [6.07, 6.45) is 0. The monoisotopic (exact) mass is 396 g/mol. The molecule has 2 aromatic heterocycles. The highest BCUT2D eigenvalue weighted by Gasteiger charge is 2.17. The number of nitrogens with one attached hydrogen (secondary N) is 1. The summed E-state index contributed by atoms with van der Waals surface area (Å²) >= 11 is 1.31. The molecule has 0 atom stereocenters. The fourth-order valence-electron chi connectivity index (χ4n) is 2.75. The molecule has 0 spiro atoms. The number of hydrogen-bond acceptors (Lipinski definition) is 8. The Kier molecular flexibility index (Phi) is 4.98. The predicted octanol–water partition coefficient (Wildman–Crippen LogP) is 3.28. The Morgan fingerprint density at radius 2 is 1.93 bits per heavy atom. The van der Waals surface area contributed by atoms with Gasteiger partial charge in [0.1, 0.15) is 0 Å². The van der Waals surface area contributed by atoms with Crippen LogP contribution in [0, 0.1) is 0 Å². The van der Waals surface area contributed by atoms with E-state index in [9.17, 15) is 4.79 Å². The van der Waals surface area contributed by atoms with Crippen LogP contribution in [0.4, 0.5) is 0 Å². The first kappa shape index (κ1) is 18.1. The van der Waals surface area contributed by atoms with E-state index in [1.165, 1.54) is 11.8 Å². The molecular formula is C19H16N4O4S. The van der Waals surface area contributed by atoms with Gasteiger partial charge in [-0.3, -0.25) is 4.79 Å². The topological polar surface area (TPSA) is 103 Å². The van der Waals surface area contributed by atoms with Gasteiger partial charge in [0.15, 0.2) is 16.7 Å². The molecule has 0 fully saturated rings. The zero-order valence-electron chi connectivity index (χ0n) is 15.1. The molecule has 0 aliphatic heterocycles. The second-order valence-corrected chi connectivity index (χ2v) is 6.69. The van der Waals surface area contributed by atoms with Gasteiger partial charge in [-0.25, -0.2) is 4.98 Å². The Morgan fingerprint density at radius 1 is 1.07 bits per heavy atom. The highest BCUT2D eigenvalue weighted by Crippen LogP contribution is 2.36. The van der Waals surface area contributed by atoms with Gasteiger partial charge in [-0.05, 0) is 24.3 Å². The maximum atomic E-state index is 12.1. The minimum absolute atomic E-state index is 0.180. The quantitative estimate of drug-likeness (QED) is 0.391. The number of methoxy groups -OCH3 is 2. The lowest BCUT2D eigenvalue weighted by Crippen LogP contribution is -2.08. The predicted molar refractivity (Wildman–Crippen MR) is 105 cm³/mol. The van der Waals surface area contributed by atoms with Gasteiger partial charge >= 0.3 is 0 Å². The first-order valence-electron chi connectivity index (χ1n) is 8.35. The Labute approximate surface area is 163 Å². The summed E-state index contributed by atoms with van der Waals surface area (Å²) in [5.41, 5.74) is 1.13. The highest BCUT2D eigenvalue weighted by atomic mass is 32.2. The summed E-state index contributed by atoms with van der Waals surface area (Å²) in [4.78, 5) is 23.8. The van der Waals surface area contributed by atoms with Gasteiger partial charge < -0.3 is 19.0 Å². The zero-order chi connectivity index (χ0) is 19.5. The lowest BCUT2D eigenvalue weighted by molar-refractivity contribution is 0.355. The van der Waals surface area contributed by atoms with Crippen LogP contribution in [0.1, 0.15) is 5.89 Å². The molecule has 0 unspecified atom stereocenters. The zero-order valence-corrected chi connectivity index (χ0v) is 15.9. The third kappa shape index (κ3) is 3.44. The standard InChI is InChI=1S/C19H16N4O4S/c1-25-14-9-5-7-12(16(14)26-2)17-21-15(27-23-17)10-28-19-20-13-8-4-3-6-11(13)18(24)22-19/h3-9H,10H2,1-2H3,(H,20,22,24). The van der Waals surface area contributed by atoms with Crippen molar-refractivity contribution in [3.63, 3.8) is 0 Å². The van der Waals surface area contributed by atoms with E-state index >= 15 is 0 Å². The second-order valence-electron chi connectivity index (χ2n) is 5.73. The molecule has 4 rings (SSSR count). The van der Waals surface area contributed by atoms with Crippen molar-refractivity contribution in [1.29, 1.82) is 0 Å². The molecule has 0 amide bonds. The van der Waals surface area contributed by atoms with E-state index in [-0.39, 0.29) is 5.56 Å². The van der Waals surface area contributed by atoms with Gasteiger partial charge in [-0.15, -0.1) is 0 Å². The van der Waals surface area contributed by atoms with E-state index in [1.807, 2.05) is 18.2 Å². The molecule has 1 N–H and O–H groups in total. The SMILES string of the molecule is COc1cccc(-c2noc(CSc3nc4ccccc4c(=O)[nH]3)n2)c1OC. The number of hydrogen-bond donors (Lipinski definition) is 1. The molecule has 0 saturated carbocycles. The maximum absolute atomic E-state index is 12.1. The number of H-pyrrole nitrogens is 1. The molecule has 0 radical (unpaired) electrons. The van der Waals surface area contributed by atoms with E-state index < -0.39 is 0 Å². The summed E-state index contributed by atoms with van der Waals surface area (Å²) in [6.45, 7) is 0. The summed E-state index contributed by atoms with van der Waals surface area (Å²) < 4.78 is 16.0. The van der Waals surface area contributed by atoms with Crippen molar-refractivity contribution < 1.29 is 14.0 Å². The Morgan fingerprint density at radius 3 is 2.75 bits per heavy atom. The summed E-state index contributed by atoms with van der Waals surface area (Å²) in [5, 5.41) is 5.06. The van der Waals surface area contributed by atoms with E-state index in [1.54, 1.807) is 38.5 Å². The van der Waals surface area contributed by atoms with Gasteiger partial charge in [-0.1, -0.05) is 35.1 Å². The number of aromatic amines is 1. The summed E-state index contributed by atoms with van der Waals surface area (Å²) in [7, 11) is 3.12. The minimum Gasteiger partial charge on any atom is -0.493 e. The van der Waals surface area contributed by atoms with Crippen LogP contribution in [-0.4, -0.2) is 34.3 Å². The average molecular weight is 396 g/mol. The largest absolute Gasteiger partial charge is 0.493 e. The fourth-order valence-corrected chi connectivity index (χ4v) is 3.45. The van der Waals surface area contributed by atoms with Gasteiger partial charge in [0, 0.05) is 0 Å². The van der Waals surface area contributed by atoms with E-state index in [4.69, 9.17) is 14.0 Å². The summed E-state index contributed by atoms with van der Waals surface area (Å²) in [5.74, 6) is 2.27. The van der Waals surface area contributed by atoms with Crippen molar-refractivity contribution in [1.82, 2.24) is 20.1 Å². The average Bonchev–Trinajstić information content (AvgIpc) is 3.20. The number of thioether (sulfide) groups is 1. The molecule has 8 nitrogen and oxygen atoms in total. The van der Waals surface area contributed by atoms with Crippen LogP contribution < -0.4 is 15.0 Å². The fraction of sp³-hybridized carbons (Fsp3) is 0.158. The number of fused-ring (bicyclic) bond motifs is 1. The number of ether oxygens (including phenoxy) is 2. The summed E-state index contributed by atoms with van der Waals surface area (Å²) in [6, 6.07) is 12.6. The molecule has 142 valence electrons. The van der Waals surface area contributed by atoms with Crippen molar-refractivity contribution >= 4 is 22.7 Å². The Bertz CT molecular complexity index is 1190. The van der Waals surface area contributed by atoms with Crippen molar-refractivity contribution in [2.75, 3.05) is 14.2 Å². The first-order valence-corrected chi connectivity index (χ1v) is 9.34. The number of nitrogens with zero attached hydrogens (tertiary/aromatic N) is 3. The van der Waals surface area contributed by atoms with E-state index in [0.29, 0.717) is 50.6 Å². The molecule has 2 heterocycles.